The molecule has 2 amide bonds. The Morgan fingerprint density at radius 3 is 2.61 bits per heavy atom. The van der Waals surface area contributed by atoms with Gasteiger partial charge in [0.2, 0.25) is 11.8 Å². The summed E-state index contributed by atoms with van der Waals surface area (Å²) in [6.45, 7) is 7.94. The van der Waals surface area contributed by atoms with E-state index in [1.807, 2.05) is 18.7 Å². The van der Waals surface area contributed by atoms with E-state index < -0.39 is 0 Å². The maximum Gasteiger partial charge on any atom is 0.241 e. The lowest BCUT2D eigenvalue weighted by Gasteiger charge is -2.16. The molecule has 1 saturated heterocycles. The van der Waals surface area contributed by atoms with Crippen molar-refractivity contribution < 1.29 is 9.59 Å². The first kappa shape index (κ1) is 21.9. The van der Waals surface area contributed by atoms with Crippen LogP contribution in [-0.4, -0.2) is 61.9 Å². The van der Waals surface area contributed by atoms with Gasteiger partial charge in [0.05, 0.1) is 0 Å². The maximum absolute atomic E-state index is 11.5. The molecule has 134 valence electrons. The van der Waals surface area contributed by atoms with Gasteiger partial charge in [-0.3, -0.25) is 9.59 Å². The molecule has 0 aromatic rings. The predicted molar refractivity (Wildman–Crippen MR) is 103 cm³/mol. The van der Waals surface area contributed by atoms with E-state index in [4.69, 9.17) is 0 Å². The second kappa shape index (κ2) is 13.4. The number of nitrogens with zero attached hydrogens (tertiary/aromatic N) is 2. The van der Waals surface area contributed by atoms with Gasteiger partial charge in [-0.2, -0.15) is 0 Å². The molecule has 0 spiro atoms. The van der Waals surface area contributed by atoms with E-state index in [-0.39, 0.29) is 42.3 Å². The summed E-state index contributed by atoms with van der Waals surface area (Å²) in [5.41, 5.74) is 0. The van der Waals surface area contributed by atoms with Crippen molar-refractivity contribution in [2.75, 3.05) is 39.3 Å². The molecule has 1 heterocycles. The summed E-state index contributed by atoms with van der Waals surface area (Å²) in [5, 5.41) is 9.09. The number of aliphatic imine (C=N–C) groups is 1. The molecule has 8 heteroatoms. The van der Waals surface area contributed by atoms with Crippen molar-refractivity contribution in [3.05, 3.63) is 0 Å². The minimum Gasteiger partial charge on any atom is -0.357 e. The molecule has 1 rings (SSSR count). The van der Waals surface area contributed by atoms with Gasteiger partial charge in [0, 0.05) is 39.1 Å². The number of carbonyl (C=O) groups excluding carboxylic acids is 2. The average molecular weight is 439 g/mol. The summed E-state index contributed by atoms with van der Waals surface area (Å²) in [7, 11) is 0. The second-order valence-corrected chi connectivity index (χ2v) is 5.31. The minimum atomic E-state index is -0.0679. The van der Waals surface area contributed by atoms with Gasteiger partial charge in [-0.1, -0.05) is 6.92 Å². The molecule has 0 saturated carbocycles. The molecule has 0 aromatic heterocycles. The highest BCUT2D eigenvalue weighted by Gasteiger charge is 2.18. The van der Waals surface area contributed by atoms with E-state index in [0.29, 0.717) is 18.9 Å². The smallest absolute Gasteiger partial charge is 0.241 e. The van der Waals surface area contributed by atoms with Gasteiger partial charge < -0.3 is 20.9 Å². The Balaban J connectivity index is 0.00000484. The van der Waals surface area contributed by atoms with E-state index >= 15 is 0 Å². The van der Waals surface area contributed by atoms with Gasteiger partial charge in [-0.15, -0.1) is 24.0 Å². The van der Waals surface area contributed by atoms with Crippen LogP contribution in [0.4, 0.5) is 0 Å². The van der Waals surface area contributed by atoms with Crippen LogP contribution >= 0.6 is 24.0 Å². The largest absolute Gasteiger partial charge is 0.357 e. The van der Waals surface area contributed by atoms with Gasteiger partial charge in [-0.25, -0.2) is 4.99 Å². The summed E-state index contributed by atoms with van der Waals surface area (Å²) in [4.78, 5) is 29.2. The third kappa shape index (κ3) is 9.62. The van der Waals surface area contributed by atoms with Crippen LogP contribution in [0.5, 0.6) is 0 Å². The Hall–Kier alpha value is -1.06. The zero-order valence-electron chi connectivity index (χ0n) is 14.2. The Bertz CT molecular complexity index is 390. The van der Waals surface area contributed by atoms with Crippen molar-refractivity contribution in [3.8, 4) is 0 Å². The lowest BCUT2D eigenvalue weighted by molar-refractivity contribution is -0.127. The van der Waals surface area contributed by atoms with E-state index in [1.54, 1.807) is 0 Å². The molecule has 7 nitrogen and oxygen atoms in total. The molecule has 0 aliphatic carbocycles. The highest BCUT2D eigenvalue weighted by atomic mass is 127. The highest BCUT2D eigenvalue weighted by Crippen LogP contribution is 2.09. The maximum atomic E-state index is 11.5. The van der Waals surface area contributed by atoms with Gasteiger partial charge in [0.15, 0.2) is 5.96 Å². The van der Waals surface area contributed by atoms with Gasteiger partial charge in [-0.05, 0) is 26.2 Å². The van der Waals surface area contributed by atoms with E-state index in [1.165, 1.54) is 0 Å². The molecule has 1 aliphatic heterocycles. The molecule has 0 aromatic carbocycles. The number of halogens is 1. The van der Waals surface area contributed by atoms with Crippen LogP contribution in [0, 0.1) is 0 Å². The highest BCUT2D eigenvalue weighted by molar-refractivity contribution is 14.0. The van der Waals surface area contributed by atoms with Gasteiger partial charge in [0.1, 0.15) is 6.54 Å². The van der Waals surface area contributed by atoms with Crippen LogP contribution < -0.4 is 16.0 Å². The molecule has 23 heavy (non-hydrogen) atoms. The topological polar surface area (TPSA) is 85.8 Å². The lowest BCUT2D eigenvalue weighted by atomic mass is 10.4. The molecule has 0 radical (unpaired) electrons. The van der Waals surface area contributed by atoms with Crippen molar-refractivity contribution >= 4 is 41.8 Å². The molecular weight excluding hydrogens is 409 g/mol. The number of rotatable bonds is 9. The zero-order chi connectivity index (χ0) is 16.2. The first-order valence-electron chi connectivity index (χ1n) is 8.24. The monoisotopic (exact) mass is 439 g/mol. The van der Waals surface area contributed by atoms with E-state index in [9.17, 15) is 9.59 Å². The fourth-order valence-corrected chi connectivity index (χ4v) is 2.23. The summed E-state index contributed by atoms with van der Waals surface area (Å²) < 4.78 is 0. The average Bonchev–Trinajstić information content (AvgIpc) is 2.92. The Morgan fingerprint density at radius 1 is 1.22 bits per heavy atom. The number of hydrogen-bond acceptors (Lipinski definition) is 3. The fraction of sp³-hybridized carbons (Fsp3) is 0.800. The number of carbonyl (C=O) groups is 2. The van der Waals surface area contributed by atoms with Gasteiger partial charge in [0.25, 0.3) is 0 Å². The van der Waals surface area contributed by atoms with Crippen LogP contribution in [0.3, 0.4) is 0 Å². The molecule has 0 bridgehead atoms. The molecule has 1 aliphatic rings. The van der Waals surface area contributed by atoms with Crippen molar-refractivity contribution in [3.63, 3.8) is 0 Å². The van der Waals surface area contributed by atoms with E-state index in [0.717, 1.165) is 45.4 Å². The molecule has 0 atom stereocenters. The van der Waals surface area contributed by atoms with Crippen LogP contribution in [-0.2, 0) is 9.59 Å². The summed E-state index contributed by atoms with van der Waals surface area (Å²) in [6.07, 6.45) is 3.45. The number of hydrogen-bond donors (Lipinski definition) is 3. The third-order valence-corrected chi connectivity index (χ3v) is 3.37. The fourth-order valence-electron chi connectivity index (χ4n) is 2.23. The number of guanidine groups is 1. The van der Waals surface area contributed by atoms with Crippen LogP contribution in [0.25, 0.3) is 0 Å². The minimum absolute atomic E-state index is 0. The van der Waals surface area contributed by atoms with Crippen molar-refractivity contribution in [2.45, 2.75) is 39.5 Å². The summed E-state index contributed by atoms with van der Waals surface area (Å²) in [5.74, 6) is 0.830. The zero-order valence-corrected chi connectivity index (χ0v) is 16.5. The summed E-state index contributed by atoms with van der Waals surface area (Å²) >= 11 is 0. The Labute approximate surface area is 156 Å². The quantitative estimate of drug-likeness (QED) is 0.214. The molecule has 3 N–H and O–H groups in total. The first-order chi connectivity index (χ1) is 10.7. The van der Waals surface area contributed by atoms with Crippen molar-refractivity contribution in [2.24, 2.45) is 4.99 Å². The van der Waals surface area contributed by atoms with E-state index in [2.05, 4.69) is 20.9 Å². The van der Waals surface area contributed by atoms with Crippen molar-refractivity contribution in [1.82, 2.24) is 20.9 Å². The van der Waals surface area contributed by atoms with Gasteiger partial charge >= 0.3 is 0 Å². The third-order valence-electron chi connectivity index (χ3n) is 3.37. The SMILES string of the molecule is CCCNC(=O)CN=C(NCC)NCCCN1CCCC1=O.I. The van der Waals surface area contributed by atoms with Crippen LogP contribution in [0.15, 0.2) is 4.99 Å². The number of nitrogens with one attached hydrogen (secondary N) is 3. The first-order valence-corrected chi connectivity index (χ1v) is 8.24. The molecular formula is C15H30IN5O2. The molecule has 1 fully saturated rings. The Kier molecular flexibility index (Phi) is 12.8. The lowest BCUT2D eigenvalue weighted by Crippen LogP contribution is -2.40. The van der Waals surface area contributed by atoms with Crippen LogP contribution in [0.2, 0.25) is 0 Å². The molecule has 0 unspecified atom stereocenters. The number of amides is 2. The summed E-state index contributed by atoms with van der Waals surface area (Å²) in [6, 6.07) is 0. The normalized spacial score (nSPS) is 14.4. The van der Waals surface area contributed by atoms with Crippen molar-refractivity contribution in [1.29, 1.82) is 0 Å². The number of likely N-dealkylation sites (tertiary alicyclic amines) is 1. The Morgan fingerprint density at radius 2 is 2.00 bits per heavy atom. The standard InChI is InChI=1S/C15H29N5O2.HI/c1-3-8-17-13(21)12-19-15(16-4-2)18-9-6-11-20-10-5-7-14(20)22;/h3-12H2,1-2H3,(H,17,21)(H2,16,18,19);1H. The second-order valence-electron chi connectivity index (χ2n) is 5.31. The van der Waals surface area contributed by atoms with Crippen LogP contribution in [0.1, 0.15) is 39.5 Å². The predicted octanol–water partition coefficient (Wildman–Crippen LogP) is 0.698.